The van der Waals surface area contributed by atoms with Crippen molar-refractivity contribution in [3.8, 4) is 0 Å². The molecule has 0 spiro atoms. The Bertz CT molecular complexity index is 381. The Morgan fingerprint density at radius 1 is 1.21 bits per heavy atom. The maximum absolute atomic E-state index is 12.2. The van der Waals surface area contributed by atoms with Crippen LogP contribution in [0.25, 0.3) is 0 Å². The van der Waals surface area contributed by atoms with Crippen molar-refractivity contribution >= 4 is 10.2 Å². The smallest absolute Gasteiger partial charge is 0.279 e. The van der Waals surface area contributed by atoms with Crippen LogP contribution in [0.3, 0.4) is 0 Å². The van der Waals surface area contributed by atoms with Crippen molar-refractivity contribution in [1.29, 1.82) is 0 Å². The molecule has 2 unspecified atom stereocenters. The third-order valence-corrected chi connectivity index (χ3v) is 5.84. The van der Waals surface area contributed by atoms with Crippen LogP contribution in [0.15, 0.2) is 0 Å². The van der Waals surface area contributed by atoms with Crippen molar-refractivity contribution in [2.45, 2.75) is 57.5 Å². The Balaban J connectivity index is 1.70. The highest BCUT2D eigenvalue weighted by atomic mass is 32.2. The summed E-state index contributed by atoms with van der Waals surface area (Å²) < 4.78 is 28.6. The minimum atomic E-state index is -3.31. The second-order valence-corrected chi connectivity index (χ2v) is 7.85. The molecule has 2 saturated carbocycles. The molecular formula is C13H27N3O2S. The number of nitrogens with one attached hydrogen (secondary N) is 2. The Morgan fingerprint density at radius 3 is 2.53 bits per heavy atom. The zero-order chi connectivity index (χ0) is 13.9. The highest BCUT2D eigenvalue weighted by Gasteiger charge is 2.29. The lowest BCUT2D eigenvalue weighted by atomic mass is 10.1. The van der Waals surface area contributed by atoms with Gasteiger partial charge >= 0.3 is 0 Å². The molecule has 2 aliphatic rings. The SMILES string of the molecule is CC1CCCC1NS(=O)(=O)N(C)CCCNC1CC1. The van der Waals surface area contributed by atoms with Crippen molar-refractivity contribution in [3.63, 3.8) is 0 Å². The number of nitrogens with zero attached hydrogens (tertiary/aromatic N) is 1. The van der Waals surface area contributed by atoms with Crippen LogP contribution in [0, 0.1) is 5.92 Å². The lowest BCUT2D eigenvalue weighted by Crippen LogP contribution is -2.45. The van der Waals surface area contributed by atoms with Gasteiger partial charge in [-0.2, -0.15) is 17.4 Å². The average Bonchev–Trinajstić information content (AvgIpc) is 3.09. The minimum absolute atomic E-state index is 0.122. The van der Waals surface area contributed by atoms with Crippen LogP contribution in [0.4, 0.5) is 0 Å². The Kier molecular flexibility index (Phi) is 5.22. The summed E-state index contributed by atoms with van der Waals surface area (Å²) in [4.78, 5) is 0. The van der Waals surface area contributed by atoms with Crippen LogP contribution in [0.5, 0.6) is 0 Å². The predicted molar refractivity (Wildman–Crippen MR) is 77.1 cm³/mol. The lowest BCUT2D eigenvalue weighted by Gasteiger charge is -2.23. The molecule has 2 rings (SSSR count). The van der Waals surface area contributed by atoms with E-state index in [4.69, 9.17) is 0 Å². The van der Waals surface area contributed by atoms with Crippen LogP contribution in [0.2, 0.25) is 0 Å². The molecule has 0 aromatic carbocycles. The lowest BCUT2D eigenvalue weighted by molar-refractivity contribution is 0.417. The second-order valence-electron chi connectivity index (χ2n) is 6.04. The van der Waals surface area contributed by atoms with Gasteiger partial charge in [0.25, 0.3) is 10.2 Å². The maximum Gasteiger partial charge on any atom is 0.279 e. The summed E-state index contributed by atoms with van der Waals surface area (Å²) in [5.41, 5.74) is 0. The molecule has 0 aromatic heterocycles. The first kappa shape index (κ1) is 15.2. The highest BCUT2D eigenvalue weighted by Crippen LogP contribution is 2.25. The number of rotatable bonds is 8. The molecule has 112 valence electrons. The molecular weight excluding hydrogens is 262 g/mol. The molecule has 2 atom stereocenters. The van der Waals surface area contributed by atoms with Crippen LogP contribution < -0.4 is 10.0 Å². The topological polar surface area (TPSA) is 61.4 Å². The monoisotopic (exact) mass is 289 g/mol. The third kappa shape index (κ3) is 4.70. The fraction of sp³-hybridized carbons (Fsp3) is 1.00. The van der Waals surface area contributed by atoms with E-state index in [1.807, 2.05) is 0 Å². The largest absolute Gasteiger partial charge is 0.314 e. The van der Waals surface area contributed by atoms with Gasteiger partial charge in [0, 0.05) is 25.7 Å². The van der Waals surface area contributed by atoms with Gasteiger partial charge in [0.2, 0.25) is 0 Å². The standard InChI is InChI=1S/C13H27N3O2S/c1-11-5-3-6-13(11)15-19(17,18)16(2)10-4-9-14-12-7-8-12/h11-15H,3-10H2,1-2H3. The normalized spacial score (nSPS) is 28.2. The molecule has 2 N–H and O–H groups in total. The molecule has 2 fully saturated rings. The van der Waals surface area contributed by atoms with Crippen molar-refractivity contribution in [2.24, 2.45) is 5.92 Å². The first-order chi connectivity index (χ1) is 8.99. The predicted octanol–water partition coefficient (Wildman–Crippen LogP) is 1.08. The van der Waals surface area contributed by atoms with Crippen LogP contribution in [-0.4, -0.2) is 44.9 Å². The van der Waals surface area contributed by atoms with E-state index >= 15 is 0 Å². The molecule has 2 aliphatic carbocycles. The molecule has 6 heteroatoms. The van der Waals surface area contributed by atoms with Gasteiger partial charge in [-0.15, -0.1) is 0 Å². The van der Waals surface area contributed by atoms with E-state index in [1.54, 1.807) is 7.05 Å². The third-order valence-electron chi connectivity index (χ3n) is 4.23. The van der Waals surface area contributed by atoms with E-state index < -0.39 is 10.2 Å². The molecule has 0 aromatic rings. The summed E-state index contributed by atoms with van der Waals surface area (Å²) >= 11 is 0. The molecule has 0 saturated heterocycles. The average molecular weight is 289 g/mol. The zero-order valence-electron chi connectivity index (χ0n) is 12.1. The van der Waals surface area contributed by atoms with Gasteiger partial charge in [-0.05, 0) is 44.6 Å². The Morgan fingerprint density at radius 2 is 1.95 bits per heavy atom. The minimum Gasteiger partial charge on any atom is -0.314 e. The van der Waals surface area contributed by atoms with E-state index in [-0.39, 0.29) is 6.04 Å². The van der Waals surface area contributed by atoms with Crippen LogP contribution in [-0.2, 0) is 10.2 Å². The van der Waals surface area contributed by atoms with E-state index in [0.717, 1.165) is 32.2 Å². The summed E-state index contributed by atoms with van der Waals surface area (Å²) in [6.07, 6.45) is 6.64. The number of hydrogen-bond donors (Lipinski definition) is 2. The van der Waals surface area contributed by atoms with Gasteiger partial charge in [-0.3, -0.25) is 0 Å². The maximum atomic E-state index is 12.2. The first-order valence-corrected chi connectivity index (χ1v) is 8.90. The summed E-state index contributed by atoms with van der Waals surface area (Å²) in [5.74, 6) is 0.458. The highest BCUT2D eigenvalue weighted by molar-refractivity contribution is 7.87. The van der Waals surface area contributed by atoms with Gasteiger partial charge in [0.1, 0.15) is 0 Å². The first-order valence-electron chi connectivity index (χ1n) is 7.46. The summed E-state index contributed by atoms with van der Waals surface area (Å²) in [6.45, 7) is 3.61. The zero-order valence-corrected chi connectivity index (χ0v) is 12.9. The number of hydrogen-bond acceptors (Lipinski definition) is 3. The van der Waals surface area contributed by atoms with Gasteiger partial charge in [-0.1, -0.05) is 13.3 Å². The summed E-state index contributed by atoms with van der Waals surface area (Å²) in [6, 6.07) is 0.816. The fourth-order valence-electron chi connectivity index (χ4n) is 2.62. The van der Waals surface area contributed by atoms with Crippen molar-refractivity contribution < 1.29 is 8.42 Å². The van der Waals surface area contributed by atoms with Crippen molar-refractivity contribution in [3.05, 3.63) is 0 Å². The molecule has 0 aliphatic heterocycles. The van der Waals surface area contributed by atoms with E-state index in [1.165, 1.54) is 17.1 Å². The second kappa shape index (κ2) is 6.52. The van der Waals surface area contributed by atoms with E-state index in [9.17, 15) is 8.42 Å². The Labute approximate surface area is 117 Å². The quantitative estimate of drug-likeness (QED) is 0.657. The molecule has 0 amide bonds. The van der Waals surface area contributed by atoms with Crippen LogP contribution in [0.1, 0.15) is 45.4 Å². The molecule has 19 heavy (non-hydrogen) atoms. The summed E-state index contributed by atoms with van der Waals surface area (Å²) in [7, 11) is -1.64. The van der Waals surface area contributed by atoms with Gasteiger partial charge in [-0.25, -0.2) is 0 Å². The molecule has 0 heterocycles. The van der Waals surface area contributed by atoms with Gasteiger partial charge < -0.3 is 5.32 Å². The molecule has 5 nitrogen and oxygen atoms in total. The molecule has 0 radical (unpaired) electrons. The van der Waals surface area contributed by atoms with Crippen molar-refractivity contribution in [1.82, 2.24) is 14.3 Å². The van der Waals surface area contributed by atoms with Gasteiger partial charge in [0.05, 0.1) is 0 Å². The summed E-state index contributed by atoms with van der Waals surface area (Å²) in [5, 5.41) is 3.40. The van der Waals surface area contributed by atoms with E-state index in [0.29, 0.717) is 18.5 Å². The van der Waals surface area contributed by atoms with Crippen LogP contribution >= 0.6 is 0 Å². The fourth-order valence-corrected chi connectivity index (χ4v) is 3.90. The van der Waals surface area contributed by atoms with Gasteiger partial charge in [0.15, 0.2) is 0 Å². The van der Waals surface area contributed by atoms with Crippen molar-refractivity contribution in [2.75, 3.05) is 20.1 Å². The van der Waals surface area contributed by atoms with E-state index in [2.05, 4.69) is 17.0 Å². The molecule has 0 bridgehead atoms. The Hall–Kier alpha value is -0.170.